The third kappa shape index (κ3) is 7.28. The third-order valence-corrected chi connectivity index (χ3v) is 4.21. The van der Waals surface area contributed by atoms with Gasteiger partial charge in [-0.3, -0.25) is 9.69 Å². The highest BCUT2D eigenvalue weighted by molar-refractivity contribution is 5.86. The maximum atomic E-state index is 12.6. The summed E-state index contributed by atoms with van der Waals surface area (Å²) in [5.74, 6) is 0.443. The number of aryl methyl sites for hydroxylation is 2. The number of hydrogen-bond acceptors (Lipinski definition) is 3. The van der Waals surface area contributed by atoms with E-state index in [1.165, 1.54) is 16.7 Å². The van der Waals surface area contributed by atoms with Crippen molar-refractivity contribution >= 4 is 5.78 Å². The topological polar surface area (TPSA) is 40.5 Å². The van der Waals surface area contributed by atoms with Gasteiger partial charge >= 0.3 is 0 Å². The van der Waals surface area contributed by atoms with Crippen LogP contribution in [0.5, 0.6) is 0 Å². The molecule has 0 fully saturated rings. The molecule has 1 N–H and O–H groups in total. The Labute approximate surface area is 142 Å². The van der Waals surface area contributed by atoms with Crippen molar-refractivity contribution in [2.75, 3.05) is 20.7 Å². The van der Waals surface area contributed by atoms with Gasteiger partial charge in [0.25, 0.3) is 0 Å². The van der Waals surface area contributed by atoms with E-state index in [0.29, 0.717) is 5.78 Å². The van der Waals surface area contributed by atoms with E-state index < -0.39 is 0 Å². The van der Waals surface area contributed by atoms with Crippen LogP contribution in [0.15, 0.2) is 18.2 Å². The van der Waals surface area contributed by atoms with Crippen LogP contribution in [0.4, 0.5) is 0 Å². The van der Waals surface area contributed by atoms with Gasteiger partial charge < -0.3 is 5.11 Å². The first-order valence-electron chi connectivity index (χ1n) is 8.61. The van der Waals surface area contributed by atoms with Crippen LogP contribution in [0.25, 0.3) is 0 Å². The van der Waals surface area contributed by atoms with E-state index in [0.717, 1.165) is 32.9 Å². The summed E-state index contributed by atoms with van der Waals surface area (Å²) in [5, 5.41) is 7.00. The van der Waals surface area contributed by atoms with Gasteiger partial charge in [0.2, 0.25) is 0 Å². The molecule has 0 aliphatic carbocycles. The predicted molar refractivity (Wildman–Crippen MR) is 98.9 cm³/mol. The molecule has 23 heavy (non-hydrogen) atoms. The van der Waals surface area contributed by atoms with Crippen molar-refractivity contribution in [1.29, 1.82) is 0 Å². The van der Waals surface area contributed by atoms with Gasteiger partial charge in [-0.2, -0.15) is 0 Å². The number of hydrogen-bond donors (Lipinski definition) is 1. The summed E-state index contributed by atoms with van der Waals surface area (Å²) >= 11 is 0. The molecule has 0 bridgehead atoms. The summed E-state index contributed by atoms with van der Waals surface area (Å²) in [6, 6.07) is 6.53. The number of benzene rings is 1. The molecule has 1 rings (SSSR count). The summed E-state index contributed by atoms with van der Waals surface area (Å²) in [5.41, 5.74) is 3.87. The number of likely N-dealkylation sites (N-methyl/N-ethyl adjacent to an activating group) is 1. The summed E-state index contributed by atoms with van der Waals surface area (Å²) in [6.07, 6.45) is 3.13. The molecule has 0 saturated carbocycles. The van der Waals surface area contributed by atoms with Gasteiger partial charge in [-0.05, 0) is 51.4 Å². The van der Waals surface area contributed by atoms with Crippen LogP contribution in [0.1, 0.15) is 50.3 Å². The molecule has 132 valence electrons. The molecule has 3 heteroatoms. The minimum atomic E-state index is -0.00189. The summed E-state index contributed by atoms with van der Waals surface area (Å²) in [7, 11) is 3.09. The van der Waals surface area contributed by atoms with Gasteiger partial charge in [0, 0.05) is 13.0 Å². The lowest BCUT2D eigenvalue weighted by atomic mass is 9.92. The molecule has 0 spiro atoms. The second-order valence-electron chi connectivity index (χ2n) is 6.54. The monoisotopic (exact) mass is 321 g/mol. The first-order chi connectivity index (χ1) is 10.9. The fraction of sp³-hybridized carbons (Fsp3) is 0.650. The van der Waals surface area contributed by atoms with Gasteiger partial charge in [-0.15, -0.1) is 0 Å². The van der Waals surface area contributed by atoms with E-state index in [4.69, 9.17) is 5.11 Å². The van der Waals surface area contributed by atoms with Gasteiger partial charge in [-0.25, -0.2) is 0 Å². The highest BCUT2D eigenvalue weighted by Gasteiger charge is 2.25. The number of carbonyl (C=O) groups is 1. The number of Topliss-reactive ketones (excluding diaryl/α,β-unsaturated/α-hetero) is 1. The highest BCUT2D eigenvalue weighted by Crippen LogP contribution is 2.17. The fourth-order valence-corrected chi connectivity index (χ4v) is 2.70. The summed E-state index contributed by atoms with van der Waals surface area (Å²) in [4.78, 5) is 14.8. The number of carbonyl (C=O) groups excluding carboxylic acids is 1. The van der Waals surface area contributed by atoms with Crippen molar-refractivity contribution in [2.24, 2.45) is 5.92 Å². The Morgan fingerprint density at radius 2 is 1.83 bits per heavy atom. The molecule has 1 atom stereocenters. The Hall–Kier alpha value is -1.19. The lowest BCUT2D eigenvalue weighted by molar-refractivity contribution is -0.126. The van der Waals surface area contributed by atoms with Crippen molar-refractivity contribution < 1.29 is 9.90 Å². The van der Waals surface area contributed by atoms with E-state index >= 15 is 0 Å². The largest absolute Gasteiger partial charge is 0.400 e. The zero-order chi connectivity index (χ0) is 18.0. The Morgan fingerprint density at radius 3 is 2.30 bits per heavy atom. The van der Waals surface area contributed by atoms with Crippen LogP contribution in [0.3, 0.4) is 0 Å². The molecule has 1 aromatic carbocycles. The van der Waals surface area contributed by atoms with E-state index in [9.17, 15) is 4.79 Å². The zero-order valence-electron chi connectivity index (χ0n) is 16.0. The molecular weight excluding hydrogens is 286 g/mol. The van der Waals surface area contributed by atoms with Crippen LogP contribution in [-0.4, -0.2) is 42.5 Å². The SMILES string of the molecule is CCCCN(C)C(Cc1ccc(C)cc1C)C(=O)C(C)C.CO. The average molecular weight is 322 g/mol. The van der Waals surface area contributed by atoms with Crippen molar-refractivity contribution in [1.82, 2.24) is 4.90 Å². The lowest BCUT2D eigenvalue weighted by Crippen LogP contribution is -2.42. The number of aliphatic hydroxyl groups is 1. The zero-order valence-corrected chi connectivity index (χ0v) is 16.0. The molecule has 0 amide bonds. The normalized spacial score (nSPS) is 12.1. The minimum absolute atomic E-state index is 0.00189. The Balaban J connectivity index is 0.00000232. The van der Waals surface area contributed by atoms with Crippen molar-refractivity contribution in [3.05, 3.63) is 34.9 Å². The van der Waals surface area contributed by atoms with E-state index in [2.05, 4.69) is 50.9 Å². The first kappa shape index (κ1) is 21.8. The van der Waals surface area contributed by atoms with Crippen molar-refractivity contribution in [3.63, 3.8) is 0 Å². The number of ketones is 1. The lowest BCUT2D eigenvalue weighted by Gasteiger charge is -2.29. The molecular formula is C20H35NO2. The molecule has 1 unspecified atom stereocenters. The van der Waals surface area contributed by atoms with Crippen LogP contribution in [0, 0.1) is 19.8 Å². The Morgan fingerprint density at radius 1 is 1.22 bits per heavy atom. The van der Waals surface area contributed by atoms with Gasteiger partial charge in [0.15, 0.2) is 5.78 Å². The maximum Gasteiger partial charge on any atom is 0.152 e. The second-order valence-corrected chi connectivity index (χ2v) is 6.54. The molecule has 0 heterocycles. The molecule has 0 aliphatic rings. The van der Waals surface area contributed by atoms with Crippen LogP contribution < -0.4 is 0 Å². The van der Waals surface area contributed by atoms with Gasteiger partial charge in [-0.1, -0.05) is 51.0 Å². The highest BCUT2D eigenvalue weighted by atomic mass is 16.2. The quantitative estimate of drug-likeness (QED) is 0.792. The molecule has 0 aromatic heterocycles. The van der Waals surface area contributed by atoms with E-state index in [1.54, 1.807) is 0 Å². The summed E-state index contributed by atoms with van der Waals surface area (Å²) < 4.78 is 0. The van der Waals surface area contributed by atoms with Crippen molar-refractivity contribution in [2.45, 2.75) is 59.9 Å². The number of nitrogens with zero attached hydrogens (tertiary/aromatic N) is 1. The second kappa shape index (κ2) is 11.4. The molecule has 3 nitrogen and oxygen atoms in total. The van der Waals surface area contributed by atoms with E-state index in [1.807, 2.05) is 13.8 Å². The number of rotatable bonds is 8. The van der Waals surface area contributed by atoms with Crippen LogP contribution in [-0.2, 0) is 11.2 Å². The predicted octanol–water partition coefficient (Wildman–Crippen LogP) is 3.78. The number of unbranched alkanes of at least 4 members (excludes halogenated alkanes) is 1. The van der Waals surface area contributed by atoms with Crippen LogP contribution >= 0.6 is 0 Å². The standard InChI is InChI=1S/C19H31NO.CH4O/c1-7-8-11-20(6)18(19(21)14(2)3)13-17-10-9-15(4)12-16(17)5;1-2/h9-10,12,14,18H,7-8,11,13H2,1-6H3;2H,1H3. The van der Waals surface area contributed by atoms with Crippen LogP contribution in [0.2, 0.25) is 0 Å². The van der Waals surface area contributed by atoms with E-state index in [-0.39, 0.29) is 12.0 Å². The average Bonchev–Trinajstić information content (AvgIpc) is 2.53. The molecule has 1 aromatic rings. The first-order valence-corrected chi connectivity index (χ1v) is 8.61. The minimum Gasteiger partial charge on any atom is -0.400 e. The Kier molecular flexibility index (Phi) is 10.8. The summed E-state index contributed by atoms with van der Waals surface area (Å²) in [6.45, 7) is 11.4. The molecule has 0 aliphatic heterocycles. The fourth-order valence-electron chi connectivity index (χ4n) is 2.70. The Bertz CT molecular complexity index is 469. The third-order valence-electron chi connectivity index (χ3n) is 4.21. The van der Waals surface area contributed by atoms with Gasteiger partial charge in [0.1, 0.15) is 0 Å². The smallest absolute Gasteiger partial charge is 0.152 e. The molecule has 0 radical (unpaired) electrons. The van der Waals surface area contributed by atoms with Crippen molar-refractivity contribution in [3.8, 4) is 0 Å². The van der Waals surface area contributed by atoms with Gasteiger partial charge in [0.05, 0.1) is 6.04 Å². The molecule has 0 saturated heterocycles. The maximum absolute atomic E-state index is 12.6. The number of aliphatic hydroxyl groups excluding tert-OH is 1.